The fraction of sp³-hybridized carbons (Fsp3) is 0.929. The van der Waals surface area contributed by atoms with Gasteiger partial charge in [-0.15, -0.1) is 0 Å². The van der Waals surface area contributed by atoms with E-state index in [1.54, 1.807) is 0 Å². The van der Waals surface area contributed by atoms with Crippen molar-refractivity contribution in [3.05, 3.63) is 0 Å². The van der Waals surface area contributed by atoms with Crippen LogP contribution in [0.25, 0.3) is 0 Å². The van der Waals surface area contributed by atoms with E-state index in [9.17, 15) is 13.6 Å². The molecule has 4 heteroatoms. The van der Waals surface area contributed by atoms with Crippen molar-refractivity contribution in [3.8, 4) is 0 Å². The molecule has 0 aromatic carbocycles. The van der Waals surface area contributed by atoms with E-state index < -0.39 is 11.8 Å². The molecule has 5 saturated carbocycles. The van der Waals surface area contributed by atoms with Crippen LogP contribution >= 0.6 is 0 Å². The Hall–Kier alpha value is -0.670. The minimum Gasteiger partial charge on any atom is -0.350 e. The van der Waals surface area contributed by atoms with E-state index in [1.807, 2.05) is 0 Å². The molecule has 0 aromatic heterocycles. The molecule has 0 saturated heterocycles. The lowest BCUT2D eigenvalue weighted by molar-refractivity contribution is -0.130. The summed E-state index contributed by atoms with van der Waals surface area (Å²) in [4.78, 5) is 11.9. The SMILES string of the molecule is O=C(NC12CC3CC(CC(C3)C1)C2)C1CC1(F)F. The molecule has 1 atom stereocenters. The maximum absolute atomic E-state index is 12.9. The molecule has 5 rings (SSSR count). The number of hydrogen-bond donors (Lipinski definition) is 1. The Morgan fingerprint density at radius 2 is 1.39 bits per heavy atom. The number of nitrogens with one attached hydrogen (secondary N) is 1. The summed E-state index contributed by atoms with van der Waals surface area (Å²) in [6.45, 7) is 0. The maximum atomic E-state index is 12.9. The zero-order valence-corrected chi connectivity index (χ0v) is 10.4. The van der Waals surface area contributed by atoms with Crippen LogP contribution in [-0.2, 0) is 4.79 Å². The van der Waals surface area contributed by atoms with Gasteiger partial charge in [0.25, 0.3) is 5.92 Å². The lowest BCUT2D eigenvalue weighted by Crippen LogP contribution is -2.60. The molecule has 1 amide bonds. The molecule has 18 heavy (non-hydrogen) atoms. The van der Waals surface area contributed by atoms with Gasteiger partial charge in [-0.05, 0) is 56.3 Å². The Kier molecular flexibility index (Phi) is 2.02. The Labute approximate surface area is 106 Å². The highest BCUT2D eigenvalue weighted by Crippen LogP contribution is 2.56. The molecule has 1 N–H and O–H groups in total. The number of amides is 1. The summed E-state index contributed by atoms with van der Waals surface area (Å²) in [7, 11) is 0. The zero-order valence-electron chi connectivity index (χ0n) is 10.4. The predicted molar refractivity (Wildman–Crippen MR) is 62.1 cm³/mol. The van der Waals surface area contributed by atoms with Gasteiger partial charge >= 0.3 is 0 Å². The zero-order chi connectivity index (χ0) is 12.5. The maximum Gasteiger partial charge on any atom is 0.260 e. The molecule has 2 nitrogen and oxygen atoms in total. The lowest BCUT2D eigenvalue weighted by atomic mass is 9.53. The third-order valence-electron chi connectivity index (χ3n) is 5.57. The first-order valence-electron chi connectivity index (χ1n) is 7.16. The normalized spacial score (nSPS) is 51.2. The van der Waals surface area contributed by atoms with Crippen LogP contribution in [0, 0.1) is 23.7 Å². The lowest BCUT2D eigenvalue weighted by Gasteiger charge is -2.56. The summed E-state index contributed by atoms with van der Waals surface area (Å²) in [5.74, 6) is -1.96. The Morgan fingerprint density at radius 1 is 0.944 bits per heavy atom. The summed E-state index contributed by atoms with van der Waals surface area (Å²) in [5, 5.41) is 3.02. The van der Waals surface area contributed by atoms with E-state index in [0.717, 1.165) is 37.0 Å². The molecule has 5 fully saturated rings. The van der Waals surface area contributed by atoms with Crippen molar-refractivity contribution in [3.63, 3.8) is 0 Å². The second-order valence-corrected chi connectivity index (χ2v) is 7.20. The van der Waals surface area contributed by atoms with Crippen LogP contribution in [0.5, 0.6) is 0 Å². The molecule has 0 spiro atoms. The van der Waals surface area contributed by atoms with E-state index in [1.165, 1.54) is 19.3 Å². The van der Waals surface area contributed by atoms with Gasteiger partial charge in [-0.1, -0.05) is 0 Å². The van der Waals surface area contributed by atoms with Gasteiger partial charge < -0.3 is 5.32 Å². The highest BCUT2D eigenvalue weighted by atomic mass is 19.3. The topological polar surface area (TPSA) is 29.1 Å². The largest absolute Gasteiger partial charge is 0.350 e. The molecular weight excluding hydrogens is 236 g/mol. The standard InChI is InChI=1S/C14H19F2NO/c15-14(16)7-11(14)12(18)17-13-4-8-1-9(5-13)3-10(2-8)6-13/h8-11H,1-7H2,(H,17,18). The van der Waals surface area contributed by atoms with E-state index in [-0.39, 0.29) is 17.9 Å². The number of carbonyl (C=O) groups excluding carboxylic acids is 1. The van der Waals surface area contributed by atoms with Crippen molar-refractivity contribution in [1.82, 2.24) is 5.32 Å². The second-order valence-electron chi connectivity index (χ2n) is 7.20. The first-order valence-corrected chi connectivity index (χ1v) is 7.16. The van der Waals surface area contributed by atoms with Crippen molar-refractivity contribution in [2.24, 2.45) is 23.7 Å². The summed E-state index contributed by atoms with van der Waals surface area (Å²) >= 11 is 0. The van der Waals surface area contributed by atoms with Crippen LogP contribution in [0.15, 0.2) is 0 Å². The third kappa shape index (κ3) is 1.60. The van der Waals surface area contributed by atoms with Crippen molar-refractivity contribution >= 4 is 5.91 Å². The van der Waals surface area contributed by atoms with Crippen molar-refractivity contribution in [2.75, 3.05) is 0 Å². The van der Waals surface area contributed by atoms with Crippen LogP contribution in [0.1, 0.15) is 44.9 Å². The molecule has 1 unspecified atom stereocenters. The van der Waals surface area contributed by atoms with E-state index >= 15 is 0 Å². The smallest absolute Gasteiger partial charge is 0.260 e. The van der Waals surface area contributed by atoms with Gasteiger partial charge in [-0.25, -0.2) is 8.78 Å². The summed E-state index contributed by atoms with van der Waals surface area (Å²) in [6.07, 6.45) is 6.75. The highest BCUT2D eigenvalue weighted by Gasteiger charge is 2.62. The Balaban J connectivity index is 1.49. The van der Waals surface area contributed by atoms with E-state index in [0.29, 0.717) is 0 Å². The molecule has 100 valence electrons. The summed E-state index contributed by atoms with van der Waals surface area (Å²) in [6, 6.07) is 0. The average molecular weight is 255 g/mol. The van der Waals surface area contributed by atoms with Crippen LogP contribution in [0.4, 0.5) is 8.78 Å². The predicted octanol–water partition coefficient (Wildman–Crippen LogP) is 2.73. The summed E-state index contributed by atoms with van der Waals surface area (Å²) in [5.41, 5.74) is -0.121. The fourth-order valence-electron chi connectivity index (χ4n) is 5.11. The molecule has 5 aliphatic carbocycles. The van der Waals surface area contributed by atoms with Crippen LogP contribution < -0.4 is 5.32 Å². The molecule has 4 bridgehead atoms. The molecule has 5 aliphatic rings. The van der Waals surface area contributed by atoms with E-state index in [4.69, 9.17) is 0 Å². The van der Waals surface area contributed by atoms with Gasteiger partial charge in [0.2, 0.25) is 5.91 Å². The summed E-state index contributed by atoms with van der Waals surface area (Å²) < 4.78 is 25.9. The number of hydrogen-bond acceptors (Lipinski definition) is 1. The Morgan fingerprint density at radius 3 is 1.78 bits per heavy atom. The molecular formula is C14H19F2NO. The van der Waals surface area contributed by atoms with Crippen LogP contribution in [0.3, 0.4) is 0 Å². The number of alkyl halides is 2. The first kappa shape index (κ1) is 11.2. The number of halogens is 2. The van der Waals surface area contributed by atoms with Gasteiger partial charge in [-0.3, -0.25) is 4.79 Å². The van der Waals surface area contributed by atoms with Crippen molar-refractivity contribution in [2.45, 2.75) is 56.4 Å². The molecule has 0 aliphatic heterocycles. The molecule has 0 aromatic rings. The van der Waals surface area contributed by atoms with Crippen molar-refractivity contribution < 1.29 is 13.6 Å². The first-order chi connectivity index (χ1) is 8.46. The minimum atomic E-state index is -2.73. The van der Waals surface area contributed by atoms with E-state index in [2.05, 4.69) is 5.32 Å². The number of carbonyl (C=O) groups is 1. The van der Waals surface area contributed by atoms with Crippen molar-refractivity contribution in [1.29, 1.82) is 0 Å². The Bertz CT molecular complexity index is 371. The van der Waals surface area contributed by atoms with Gasteiger partial charge in [0.1, 0.15) is 5.92 Å². The quantitative estimate of drug-likeness (QED) is 0.807. The molecule has 0 heterocycles. The van der Waals surface area contributed by atoms with Crippen LogP contribution in [-0.4, -0.2) is 17.4 Å². The van der Waals surface area contributed by atoms with Crippen LogP contribution in [0.2, 0.25) is 0 Å². The van der Waals surface area contributed by atoms with Gasteiger partial charge in [0, 0.05) is 12.0 Å². The van der Waals surface area contributed by atoms with Gasteiger partial charge in [0.05, 0.1) is 0 Å². The monoisotopic (exact) mass is 255 g/mol. The number of rotatable bonds is 2. The minimum absolute atomic E-state index is 0.121. The second kappa shape index (κ2) is 3.26. The van der Waals surface area contributed by atoms with Gasteiger partial charge in [0.15, 0.2) is 0 Å². The highest BCUT2D eigenvalue weighted by molar-refractivity contribution is 5.83. The molecule has 0 radical (unpaired) electrons. The average Bonchev–Trinajstić information content (AvgIpc) is 2.84. The third-order valence-corrected chi connectivity index (χ3v) is 5.57. The fourth-order valence-corrected chi connectivity index (χ4v) is 5.11. The van der Waals surface area contributed by atoms with Gasteiger partial charge in [-0.2, -0.15) is 0 Å².